The Morgan fingerprint density at radius 3 is 2.38 bits per heavy atom. The molecule has 0 unspecified atom stereocenters. The number of hydrogen-bond acceptors (Lipinski definition) is 5. The molecule has 0 aliphatic heterocycles. The number of rotatable bonds is 5. The van der Waals surface area contributed by atoms with Crippen LogP contribution in [0.25, 0.3) is 0 Å². The Balaban J connectivity index is 2.87. The van der Waals surface area contributed by atoms with Gasteiger partial charge in [-0.2, -0.15) is 9.97 Å². The number of unbranched alkanes of at least 4 members (excludes halogenated alkanes) is 1. The van der Waals surface area contributed by atoms with E-state index in [9.17, 15) is 10.1 Å². The standard InChI is InChI=1S/C8H9Cl2N3O3/c1-2-3-4-16-8-11-6(9)5(13(14)15)7(10)12-8/h2-4H2,1H3. The van der Waals surface area contributed by atoms with Crippen LogP contribution in [0.15, 0.2) is 0 Å². The van der Waals surface area contributed by atoms with Crippen molar-refractivity contribution in [2.24, 2.45) is 0 Å². The average Bonchev–Trinajstić information content (AvgIpc) is 2.16. The molecule has 0 bridgehead atoms. The van der Waals surface area contributed by atoms with Crippen molar-refractivity contribution in [3.05, 3.63) is 20.4 Å². The van der Waals surface area contributed by atoms with Gasteiger partial charge in [-0.25, -0.2) is 0 Å². The van der Waals surface area contributed by atoms with E-state index in [4.69, 9.17) is 27.9 Å². The predicted octanol–water partition coefficient (Wildman–Crippen LogP) is 2.87. The molecule has 1 aromatic heterocycles. The van der Waals surface area contributed by atoms with E-state index in [0.717, 1.165) is 12.8 Å². The first-order chi connectivity index (χ1) is 7.56. The Bertz CT molecular complexity index is 377. The summed E-state index contributed by atoms with van der Waals surface area (Å²) in [6, 6.07) is -0.0472. The topological polar surface area (TPSA) is 78.2 Å². The summed E-state index contributed by atoms with van der Waals surface area (Å²) < 4.78 is 5.13. The summed E-state index contributed by atoms with van der Waals surface area (Å²) in [6.45, 7) is 2.42. The van der Waals surface area contributed by atoms with E-state index in [1.165, 1.54) is 0 Å². The summed E-state index contributed by atoms with van der Waals surface area (Å²) in [4.78, 5) is 17.1. The second-order valence-corrected chi connectivity index (χ2v) is 3.61. The van der Waals surface area contributed by atoms with Crippen molar-refractivity contribution in [2.75, 3.05) is 6.61 Å². The number of nitro groups is 1. The van der Waals surface area contributed by atoms with Crippen LogP contribution >= 0.6 is 23.2 Å². The molecule has 0 aliphatic rings. The predicted molar refractivity (Wildman–Crippen MR) is 59.1 cm³/mol. The Morgan fingerprint density at radius 2 is 1.94 bits per heavy atom. The lowest BCUT2D eigenvalue weighted by Crippen LogP contribution is -2.03. The van der Waals surface area contributed by atoms with Gasteiger partial charge in [0.05, 0.1) is 11.5 Å². The summed E-state index contributed by atoms with van der Waals surface area (Å²) >= 11 is 11.2. The second-order valence-electron chi connectivity index (χ2n) is 2.90. The van der Waals surface area contributed by atoms with Gasteiger partial charge in [0.15, 0.2) is 0 Å². The van der Waals surface area contributed by atoms with E-state index in [1.807, 2.05) is 6.92 Å². The highest BCUT2D eigenvalue weighted by Gasteiger charge is 2.22. The zero-order chi connectivity index (χ0) is 12.1. The first kappa shape index (κ1) is 12.9. The van der Waals surface area contributed by atoms with Crippen LogP contribution in [0, 0.1) is 10.1 Å². The molecule has 0 saturated carbocycles. The number of halogens is 2. The molecule has 0 radical (unpaired) electrons. The Morgan fingerprint density at radius 1 is 1.38 bits per heavy atom. The van der Waals surface area contributed by atoms with Crippen LogP contribution in [-0.2, 0) is 0 Å². The highest BCUT2D eigenvalue weighted by Crippen LogP contribution is 2.30. The normalized spacial score (nSPS) is 10.2. The van der Waals surface area contributed by atoms with Gasteiger partial charge in [0.2, 0.25) is 10.3 Å². The molecule has 0 fully saturated rings. The highest BCUT2D eigenvalue weighted by atomic mass is 35.5. The lowest BCUT2D eigenvalue weighted by Gasteiger charge is -2.04. The molecule has 6 nitrogen and oxygen atoms in total. The van der Waals surface area contributed by atoms with Crippen LogP contribution in [0.4, 0.5) is 5.69 Å². The molecular weight excluding hydrogens is 257 g/mol. The molecule has 1 aromatic rings. The molecular formula is C8H9Cl2N3O3. The monoisotopic (exact) mass is 265 g/mol. The van der Waals surface area contributed by atoms with Crippen molar-refractivity contribution in [3.8, 4) is 6.01 Å². The number of nitrogens with zero attached hydrogens (tertiary/aromatic N) is 3. The summed E-state index contributed by atoms with van der Waals surface area (Å²) in [5.41, 5.74) is -0.508. The fourth-order valence-electron chi connectivity index (χ4n) is 0.907. The quantitative estimate of drug-likeness (QED) is 0.354. The highest BCUT2D eigenvalue weighted by molar-refractivity contribution is 6.36. The minimum absolute atomic E-state index is 0.0472. The number of hydrogen-bond donors (Lipinski definition) is 0. The summed E-state index contributed by atoms with van der Waals surface area (Å²) in [5, 5.41) is 9.88. The van der Waals surface area contributed by atoms with Crippen LogP contribution in [0.1, 0.15) is 19.8 Å². The van der Waals surface area contributed by atoms with Gasteiger partial charge in [-0.1, -0.05) is 36.5 Å². The molecule has 16 heavy (non-hydrogen) atoms. The largest absolute Gasteiger partial charge is 0.463 e. The second kappa shape index (κ2) is 5.81. The number of aromatic nitrogens is 2. The maximum atomic E-state index is 10.5. The minimum Gasteiger partial charge on any atom is -0.463 e. The molecule has 1 rings (SSSR count). The van der Waals surface area contributed by atoms with Crippen LogP contribution in [-0.4, -0.2) is 21.5 Å². The van der Waals surface area contributed by atoms with E-state index in [-0.39, 0.29) is 16.3 Å². The summed E-state index contributed by atoms with van der Waals surface area (Å²) in [5.74, 6) is 0. The maximum absolute atomic E-state index is 10.5. The van der Waals surface area contributed by atoms with Crippen molar-refractivity contribution in [2.45, 2.75) is 19.8 Å². The Labute approximate surface area is 102 Å². The molecule has 0 N–H and O–H groups in total. The lowest BCUT2D eigenvalue weighted by atomic mass is 10.4. The zero-order valence-electron chi connectivity index (χ0n) is 8.44. The average molecular weight is 266 g/mol. The van der Waals surface area contributed by atoms with E-state index < -0.39 is 10.6 Å². The molecule has 0 atom stereocenters. The SMILES string of the molecule is CCCCOc1nc(Cl)c([N+](=O)[O-])c(Cl)n1. The first-order valence-corrected chi connectivity index (χ1v) is 5.32. The van der Waals surface area contributed by atoms with Gasteiger partial charge >= 0.3 is 11.7 Å². The van der Waals surface area contributed by atoms with Gasteiger partial charge in [-0.15, -0.1) is 0 Å². The zero-order valence-corrected chi connectivity index (χ0v) is 9.96. The van der Waals surface area contributed by atoms with E-state index in [0.29, 0.717) is 6.61 Å². The van der Waals surface area contributed by atoms with E-state index in [2.05, 4.69) is 9.97 Å². The molecule has 1 heterocycles. The van der Waals surface area contributed by atoms with Gasteiger partial charge in [-0.05, 0) is 6.42 Å². The van der Waals surface area contributed by atoms with Crippen LogP contribution in [0.3, 0.4) is 0 Å². The smallest absolute Gasteiger partial charge is 0.343 e. The third kappa shape index (κ3) is 3.18. The first-order valence-electron chi connectivity index (χ1n) is 4.56. The van der Waals surface area contributed by atoms with Gasteiger partial charge in [-0.3, -0.25) is 10.1 Å². The maximum Gasteiger partial charge on any atom is 0.343 e. The van der Waals surface area contributed by atoms with Crippen LogP contribution in [0.5, 0.6) is 6.01 Å². The molecule has 0 aliphatic carbocycles. The van der Waals surface area contributed by atoms with E-state index >= 15 is 0 Å². The van der Waals surface area contributed by atoms with Crippen LogP contribution in [0.2, 0.25) is 10.3 Å². The number of ether oxygens (including phenoxy) is 1. The summed E-state index contributed by atoms with van der Waals surface area (Å²) in [6.07, 6.45) is 1.78. The van der Waals surface area contributed by atoms with Crippen molar-refractivity contribution >= 4 is 28.9 Å². The van der Waals surface area contributed by atoms with E-state index in [1.54, 1.807) is 0 Å². The van der Waals surface area contributed by atoms with Crippen LogP contribution < -0.4 is 4.74 Å². The molecule has 88 valence electrons. The molecule has 0 aromatic carbocycles. The van der Waals surface area contributed by atoms with Crippen molar-refractivity contribution in [3.63, 3.8) is 0 Å². The molecule has 0 amide bonds. The van der Waals surface area contributed by atoms with Crippen molar-refractivity contribution in [1.29, 1.82) is 0 Å². The Hall–Kier alpha value is -1.14. The van der Waals surface area contributed by atoms with Gasteiger partial charge in [0.25, 0.3) is 0 Å². The van der Waals surface area contributed by atoms with Crippen molar-refractivity contribution in [1.82, 2.24) is 9.97 Å². The fourth-order valence-corrected chi connectivity index (χ4v) is 1.42. The third-order valence-electron chi connectivity index (χ3n) is 1.69. The molecule has 0 spiro atoms. The third-order valence-corrected chi connectivity index (χ3v) is 2.22. The van der Waals surface area contributed by atoms with Gasteiger partial charge < -0.3 is 4.74 Å². The van der Waals surface area contributed by atoms with Gasteiger partial charge in [0.1, 0.15) is 0 Å². The summed E-state index contributed by atoms with van der Waals surface area (Å²) in [7, 11) is 0. The van der Waals surface area contributed by atoms with Gasteiger partial charge in [0, 0.05) is 0 Å². The Kier molecular flexibility index (Phi) is 4.70. The minimum atomic E-state index is -0.736. The lowest BCUT2D eigenvalue weighted by molar-refractivity contribution is -0.385. The molecule has 8 heteroatoms. The molecule has 0 saturated heterocycles. The fraction of sp³-hybridized carbons (Fsp3) is 0.500. The van der Waals surface area contributed by atoms with Crippen molar-refractivity contribution < 1.29 is 9.66 Å².